The largest absolute Gasteiger partial charge is 0.496 e. The van der Waals surface area contributed by atoms with Crippen LogP contribution in [0.25, 0.3) is 0 Å². The van der Waals surface area contributed by atoms with E-state index in [4.69, 9.17) is 4.74 Å². The Kier molecular flexibility index (Phi) is 4.31. The molecule has 0 aliphatic carbocycles. The molecule has 1 aromatic rings. The average molecular weight is 253 g/mol. The first-order valence-corrected chi connectivity index (χ1v) is 6.23. The van der Waals surface area contributed by atoms with Crippen molar-refractivity contribution in [3.8, 4) is 0 Å². The monoisotopic (exact) mass is 253 g/mol. The quantitative estimate of drug-likeness (QED) is 0.869. The van der Waals surface area contributed by atoms with Gasteiger partial charge in [-0.05, 0) is 37.2 Å². The van der Waals surface area contributed by atoms with Crippen molar-refractivity contribution in [2.75, 3.05) is 13.2 Å². The van der Waals surface area contributed by atoms with Crippen LogP contribution in [0.15, 0.2) is 30.0 Å². The Labute approximate surface area is 106 Å². The zero-order chi connectivity index (χ0) is 13.0. The number of ether oxygens (including phenoxy) is 1. The minimum atomic E-state index is -0.437. The summed E-state index contributed by atoms with van der Waals surface area (Å²) in [7, 11) is 0. The first kappa shape index (κ1) is 13.0. The Morgan fingerprint density at radius 1 is 1.39 bits per heavy atom. The van der Waals surface area contributed by atoms with Gasteiger partial charge in [0.05, 0.1) is 12.6 Å². The highest BCUT2D eigenvalue weighted by Gasteiger charge is 2.23. The molecular weight excluding hydrogens is 236 g/mol. The van der Waals surface area contributed by atoms with Crippen molar-refractivity contribution in [3.63, 3.8) is 0 Å². The number of hydrogen-bond donors (Lipinski definition) is 1. The molecule has 1 aliphatic heterocycles. The van der Waals surface area contributed by atoms with Crippen LogP contribution in [-0.4, -0.2) is 13.2 Å². The molecule has 0 fully saturated rings. The molecule has 0 amide bonds. The van der Waals surface area contributed by atoms with Gasteiger partial charge in [-0.25, -0.2) is 8.78 Å². The highest BCUT2D eigenvalue weighted by Crippen LogP contribution is 2.28. The molecule has 0 saturated carbocycles. The van der Waals surface area contributed by atoms with E-state index in [2.05, 4.69) is 5.32 Å². The predicted octanol–water partition coefficient (Wildman–Crippen LogP) is 3.31. The summed E-state index contributed by atoms with van der Waals surface area (Å²) in [6.07, 6.45) is 3.66. The second-order valence-corrected chi connectivity index (χ2v) is 4.30. The standard InChI is InChI=1S/C14H17F2NO/c1-2-7-17-14(13-4-3-8-18-13)11-9-10(15)5-6-12(11)16/h4-6,9,14,17H,2-3,7-8H2,1H3. The maximum absolute atomic E-state index is 13.8. The fourth-order valence-corrected chi connectivity index (χ4v) is 2.03. The van der Waals surface area contributed by atoms with Crippen molar-refractivity contribution in [2.45, 2.75) is 25.8 Å². The summed E-state index contributed by atoms with van der Waals surface area (Å²) in [5.41, 5.74) is 0.302. The molecule has 2 rings (SSSR count). The van der Waals surface area contributed by atoms with Gasteiger partial charge in [-0.2, -0.15) is 0 Å². The zero-order valence-electron chi connectivity index (χ0n) is 10.4. The molecule has 1 unspecified atom stereocenters. The molecule has 1 atom stereocenters. The van der Waals surface area contributed by atoms with Crippen molar-refractivity contribution in [3.05, 3.63) is 47.2 Å². The molecule has 0 radical (unpaired) electrons. The van der Waals surface area contributed by atoms with Gasteiger partial charge in [-0.3, -0.25) is 0 Å². The maximum Gasteiger partial charge on any atom is 0.128 e. The second-order valence-electron chi connectivity index (χ2n) is 4.30. The molecule has 1 aliphatic rings. The van der Waals surface area contributed by atoms with E-state index in [1.165, 1.54) is 6.07 Å². The minimum absolute atomic E-state index is 0.302. The van der Waals surface area contributed by atoms with Gasteiger partial charge in [0.15, 0.2) is 0 Å². The van der Waals surface area contributed by atoms with E-state index in [9.17, 15) is 8.78 Å². The SMILES string of the molecule is CCCNC(C1=CCCO1)c1cc(F)ccc1F. The topological polar surface area (TPSA) is 21.3 Å². The molecule has 1 heterocycles. The van der Waals surface area contributed by atoms with Crippen LogP contribution in [0.2, 0.25) is 0 Å². The highest BCUT2D eigenvalue weighted by molar-refractivity contribution is 5.29. The van der Waals surface area contributed by atoms with Crippen LogP contribution in [0.5, 0.6) is 0 Å². The van der Waals surface area contributed by atoms with Gasteiger partial charge in [-0.15, -0.1) is 0 Å². The Bertz CT molecular complexity index is 445. The Morgan fingerprint density at radius 2 is 2.22 bits per heavy atom. The molecule has 1 N–H and O–H groups in total. The Balaban J connectivity index is 2.29. The first-order valence-electron chi connectivity index (χ1n) is 6.23. The molecule has 0 spiro atoms. The maximum atomic E-state index is 13.8. The molecule has 0 aromatic heterocycles. The van der Waals surface area contributed by atoms with Gasteiger partial charge in [-0.1, -0.05) is 6.92 Å². The van der Waals surface area contributed by atoms with E-state index in [-0.39, 0.29) is 0 Å². The van der Waals surface area contributed by atoms with Crippen LogP contribution in [0.3, 0.4) is 0 Å². The summed E-state index contributed by atoms with van der Waals surface area (Å²) in [6, 6.07) is 3.11. The third kappa shape index (κ3) is 2.88. The fourth-order valence-electron chi connectivity index (χ4n) is 2.03. The Morgan fingerprint density at radius 3 is 2.89 bits per heavy atom. The van der Waals surface area contributed by atoms with Gasteiger partial charge in [0.25, 0.3) is 0 Å². The number of rotatable bonds is 5. The summed E-state index contributed by atoms with van der Waals surface area (Å²) in [4.78, 5) is 0. The predicted molar refractivity (Wildman–Crippen MR) is 66.0 cm³/mol. The molecule has 1 aromatic carbocycles. The number of nitrogens with one attached hydrogen (secondary N) is 1. The summed E-state index contributed by atoms with van der Waals surface area (Å²) < 4.78 is 32.5. The van der Waals surface area contributed by atoms with Crippen LogP contribution in [-0.2, 0) is 4.74 Å². The first-order chi connectivity index (χ1) is 8.72. The molecular formula is C14H17F2NO. The minimum Gasteiger partial charge on any atom is -0.496 e. The lowest BCUT2D eigenvalue weighted by Crippen LogP contribution is -2.25. The van der Waals surface area contributed by atoms with Crippen molar-refractivity contribution >= 4 is 0 Å². The fraction of sp³-hybridized carbons (Fsp3) is 0.429. The van der Waals surface area contributed by atoms with E-state index in [1.54, 1.807) is 0 Å². The van der Waals surface area contributed by atoms with Gasteiger partial charge < -0.3 is 10.1 Å². The molecule has 2 nitrogen and oxygen atoms in total. The molecule has 0 saturated heterocycles. The lowest BCUT2D eigenvalue weighted by molar-refractivity contribution is 0.214. The number of hydrogen-bond acceptors (Lipinski definition) is 2. The van der Waals surface area contributed by atoms with Gasteiger partial charge in [0, 0.05) is 12.0 Å². The highest BCUT2D eigenvalue weighted by atomic mass is 19.1. The van der Waals surface area contributed by atoms with Gasteiger partial charge in [0.1, 0.15) is 17.4 Å². The van der Waals surface area contributed by atoms with E-state index >= 15 is 0 Å². The lowest BCUT2D eigenvalue weighted by Gasteiger charge is -2.20. The van der Waals surface area contributed by atoms with Gasteiger partial charge in [0.2, 0.25) is 0 Å². The third-order valence-electron chi connectivity index (χ3n) is 2.88. The molecule has 4 heteroatoms. The van der Waals surface area contributed by atoms with Crippen LogP contribution < -0.4 is 5.32 Å². The number of benzene rings is 1. The van der Waals surface area contributed by atoms with Crippen LogP contribution in [0, 0.1) is 11.6 Å². The summed E-state index contributed by atoms with van der Waals surface area (Å²) >= 11 is 0. The van der Waals surface area contributed by atoms with Crippen molar-refractivity contribution in [2.24, 2.45) is 0 Å². The van der Waals surface area contributed by atoms with Crippen molar-refractivity contribution in [1.82, 2.24) is 5.32 Å². The van der Waals surface area contributed by atoms with Crippen LogP contribution in [0.4, 0.5) is 8.78 Å². The molecule has 18 heavy (non-hydrogen) atoms. The second kappa shape index (κ2) is 5.96. The summed E-state index contributed by atoms with van der Waals surface area (Å²) in [6.45, 7) is 3.35. The van der Waals surface area contributed by atoms with E-state index in [0.29, 0.717) is 17.9 Å². The van der Waals surface area contributed by atoms with Crippen molar-refractivity contribution < 1.29 is 13.5 Å². The zero-order valence-corrected chi connectivity index (χ0v) is 10.4. The summed E-state index contributed by atoms with van der Waals surface area (Å²) in [5.74, 6) is -0.164. The van der Waals surface area contributed by atoms with E-state index in [1.807, 2.05) is 13.0 Å². The smallest absolute Gasteiger partial charge is 0.128 e. The molecule has 98 valence electrons. The summed E-state index contributed by atoms with van der Waals surface area (Å²) in [5, 5.41) is 3.20. The van der Waals surface area contributed by atoms with Crippen molar-refractivity contribution in [1.29, 1.82) is 0 Å². The average Bonchev–Trinajstić information content (AvgIpc) is 2.88. The lowest BCUT2D eigenvalue weighted by atomic mass is 10.0. The number of halogens is 2. The van der Waals surface area contributed by atoms with Crippen LogP contribution >= 0.6 is 0 Å². The van der Waals surface area contributed by atoms with Crippen LogP contribution in [0.1, 0.15) is 31.4 Å². The normalized spacial score (nSPS) is 16.3. The van der Waals surface area contributed by atoms with E-state index in [0.717, 1.165) is 31.5 Å². The Hall–Kier alpha value is -1.42. The van der Waals surface area contributed by atoms with E-state index < -0.39 is 17.7 Å². The van der Waals surface area contributed by atoms with Gasteiger partial charge >= 0.3 is 0 Å². The third-order valence-corrected chi connectivity index (χ3v) is 2.88. The molecule has 0 bridgehead atoms.